The Morgan fingerprint density at radius 3 is 2.71 bits per heavy atom. The van der Waals surface area contributed by atoms with Gasteiger partial charge in [-0.25, -0.2) is 4.39 Å². The van der Waals surface area contributed by atoms with E-state index in [2.05, 4.69) is 12.2 Å². The molecular weight excluding hydrogens is 269 g/mol. The highest BCUT2D eigenvalue weighted by Gasteiger charge is 2.24. The molecule has 1 saturated heterocycles. The topological polar surface area (TPSA) is 58.4 Å². The zero-order valence-electron chi connectivity index (χ0n) is 12.6. The van der Waals surface area contributed by atoms with Gasteiger partial charge in [0, 0.05) is 25.6 Å². The summed E-state index contributed by atoms with van der Waals surface area (Å²) in [6.45, 7) is 5.08. The van der Waals surface area contributed by atoms with Crippen LogP contribution in [0.4, 0.5) is 10.1 Å². The minimum atomic E-state index is -0.243. The van der Waals surface area contributed by atoms with Crippen LogP contribution in [0.3, 0.4) is 0 Å². The van der Waals surface area contributed by atoms with Crippen LogP contribution in [-0.4, -0.2) is 25.5 Å². The minimum absolute atomic E-state index is 0.0678. The van der Waals surface area contributed by atoms with E-state index in [9.17, 15) is 9.18 Å². The summed E-state index contributed by atoms with van der Waals surface area (Å²) in [5, 5.41) is 3.26. The maximum absolute atomic E-state index is 14.2. The summed E-state index contributed by atoms with van der Waals surface area (Å²) in [5.41, 5.74) is 6.90. The van der Waals surface area contributed by atoms with Crippen LogP contribution in [0.5, 0.6) is 0 Å². The molecule has 1 fully saturated rings. The molecule has 2 rings (SSSR count). The van der Waals surface area contributed by atoms with E-state index in [1.807, 2.05) is 17.0 Å². The van der Waals surface area contributed by atoms with Crippen LogP contribution in [-0.2, 0) is 11.3 Å². The molecule has 0 bridgehead atoms. The summed E-state index contributed by atoms with van der Waals surface area (Å²) >= 11 is 0. The van der Waals surface area contributed by atoms with Crippen molar-refractivity contribution in [2.24, 2.45) is 11.7 Å². The number of hydrogen-bond donors (Lipinski definition) is 2. The number of nitrogens with two attached hydrogens (primary N) is 1. The Morgan fingerprint density at radius 2 is 2.14 bits per heavy atom. The van der Waals surface area contributed by atoms with Crippen molar-refractivity contribution in [2.45, 2.75) is 32.7 Å². The molecule has 0 spiro atoms. The lowest BCUT2D eigenvalue weighted by molar-refractivity contribution is -0.122. The molecule has 1 amide bonds. The Balaban J connectivity index is 1.96. The van der Waals surface area contributed by atoms with Gasteiger partial charge >= 0.3 is 0 Å². The van der Waals surface area contributed by atoms with Crippen molar-refractivity contribution in [3.05, 3.63) is 29.6 Å². The maximum atomic E-state index is 14.2. The largest absolute Gasteiger partial charge is 0.369 e. The number of nitrogens with one attached hydrogen (secondary N) is 1. The van der Waals surface area contributed by atoms with Gasteiger partial charge in [-0.2, -0.15) is 0 Å². The van der Waals surface area contributed by atoms with Crippen LogP contribution in [0.15, 0.2) is 18.2 Å². The normalized spacial score (nSPS) is 16.2. The van der Waals surface area contributed by atoms with Gasteiger partial charge in [-0.1, -0.05) is 13.0 Å². The number of rotatable bonds is 6. The number of hydrogen-bond acceptors (Lipinski definition) is 3. The second kappa shape index (κ2) is 7.41. The van der Waals surface area contributed by atoms with Gasteiger partial charge in [0.05, 0.1) is 5.69 Å². The summed E-state index contributed by atoms with van der Waals surface area (Å²) < 4.78 is 14.2. The van der Waals surface area contributed by atoms with Crippen LogP contribution < -0.4 is 16.0 Å². The molecule has 1 aromatic carbocycles. The molecule has 1 aliphatic heterocycles. The molecule has 1 aliphatic rings. The fraction of sp³-hybridized carbons (Fsp3) is 0.562. The van der Waals surface area contributed by atoms with E-state index in [1.165, 1.54) is 0 Å². The molecule has 5 heteroatoms. The van der Waals surface area contributed by atoms with Crippen molar-refractivity contribution in [2.75, 3.05) is 24.5 Å². The van der Waals surface area contributed by atoms with Gasteiger partial charge in [0.2, 0.25) is 5.91 Å². The van der Waals surface area contributed by atoms with E-state index in [1.54, 1.807) is 6.07 Å². The summed E-state index contributed by atoms with van der Waals surface area (Å²) in [7, 11) is 0. The van der Waals surface area contributed by atoms with Crippen LogP contribution >= 0.6 is 0 Å². The predicted octanol–water partition coefficient (Wildman–Crippen LogP) is 2.03. The van der Waals surface area contributed by atoms with Crippen LogP contribution in [0, 0.1) is 11.7 Å². The monoisotopic (exact) mass is 293 g/mol. The fourth-order valence-corrected chi connectivity index (χ4v) is 2.73. The molecule has 0 saturated carbocycles. The van der Waals surface area contributed by atoms with Gasteiger partial charge in [0.15, 0.2) is 0 Å². The Bertz CT molecular complexity index is 484. The third kappa shape index (κ3) is 4.17. The lowest BCUT2D eigenvalue weighted by Crippen LogP contribution is -2.38. The van der Waals surface area contributed by atoms with E-state index in [0.29, 0.717) is 38.2 Å². The second-order valence-electron chi connectivity index (χ2n) is 5.63. The molecular formula is C16H24FN3O. The molecule has 4 nitrogen and oxygen atoms in total. The van der Waals surface area contributed by atoms with E-state index in [-0.39, 0.29) is 17.6 Å². The number of carbonyl (C=O) groups excluding carboxylic acids is 1. The third-order valence-corrected chi connectivity index (χ3v) is 4.01. The van der Waals surface area contributed by atoms with Crippen LogP contribution in [0.25, 0.3) is 0 Å². The summed E-state index contributed by atoms with van der Waals surface area (Å²) in [6.07, 6.45) is 2.47. The first-order chi connectivity index (χ1) is 10.1. The number of benzene rings is 1. The molecule has 0 aromatic heterocycles. The SMILES string of the molecule is CCCNCc1ccc(N2CCC(C(N)=O)CC2)c(F)c1. The standard InChI is InChI=1S/C16H24FN3O/c1-2-7-19-11-12-3-4-15(14(17)10-12)20-8-5-13(6-9-20)16(18)21/h3-4,10,13,19H,2,5-9,11H2,1H3,(H2,18,21). The highest BCUT2D eigenvalue weighted by atomic mass is 19.1. The smallest absolute Gasteiger partial charge is 0.220 e. The summed E-state index contributed by atoms with van der Waals surface area (Å²) in [4.78, 5) is 13.2. The molecule has 116 valence electrons. The van der Waals surface area contributed by atoms with Gasteiger partial charge < -0.3 is 16.0 Å². The average molecular weight is 293 g/mol. The van der Waals surface area contributed by atoms with E-state index >= 15 is 0 Å². The first kappa shape index (κ1) is 15.8. The van der Waals surface area contributed by atoms with Crippen molar-refractivity contribution in [3.63, 3.8) is 0 Å². The lowest BCUT2D eigenvalue weighted by Gasteiger charge is -2.32. The Labute approximate surface area is 125 Å². The number of primary amides is 1. The minimum Gasteiger partial charge on any atom is -0.369 e. The van der Waals surface area contributed by atoms with Gasteiger partial charge in [0.1, 0.15) is 5.82 Å². The molecule has 0 atom stereocenters. The average Bonchev–Trinajstić information content (AvgIpc) is 2.48. The van der Waals surface area contributed by atoms with Gasteiger partial charge in [-0.3, -0.25) is 4.79 Å². The first-order valence-electron chi connectivity index (χ1n) is 7.65. The van der Waals surface area contributed by atoms with Gasteiger partial charge in [-0.05, 0) is 43.5 Å². The zero-order chi connectivity index (χ0) is 15.2. The number of amides is 1. The first-order valence-corrected chi connectivity index (χ1v) is 7.65. The number of anilines is 1. The van der Waals surface area contributed by atoms with Crippen molar-refractivity contribution in [1.29, 1.82) is 0 Å². The number of carbonyl (C=O) groups is 1. The van der Waals surface area contributed by atoms with Gasteiger partial charge in [0.25, 0.3) is 0 Å². The van der Waals surface area contributed by atoms with E-state index < -0.39 is 0 Å². The van der Waals surface area contributed by atoms with Crippen molar-refractivity contribution in [1.82, 2.24) is 5.32 Å². The zero-order valence-corrected chi connectivity index (χ0v) is 12.6. The van der Waals surface area contributed by atoms with Crippen molar-refractivity contribution >= 4 is 11.6 Å². The van der Waals surface area contributed by atoms with E-state index in [0.717, 1.165) is 18.5 Å². The van der Waals surface area contributed by atoms with Gasteiger partial charge in [-0.15, -0.1) is 0 Å². The summed E-state index contributed by atoms with van der Waals surface area (Å²) in [5.74, 6) is -0.502. The molecule has 0 radical (unpaired) electrons. The van der Waals surface area contributed by atoms with Crippen molar-refractivity contribution in [3.8, 4) is 0 Å². The lowest BCUT2D eigenvalue weighted by atomic mass is 9.96. The maximum Gasteiger partial charge on any atom is 0.220 e. The Hall–Kier alpha value is -1.62. The molecule has 21 heavy (non-hydrogen) atoms. The quantitative estimate of drug-likeness (QED) is 0.789. The Morgan fingerprint density at radius 1 is 1.43 bits per heavy atom. The third-order valence-electron chi connectivity index (χ3n) is 4.01. The molecule has 0 aliphatic carbocycles. The predicted molar refractivity (Wildman–Crippen MR) is 82.5 cm³/mol. The molecule has 1 aromatic rings. The number of nitrogens with zero attached hydrogens (tertiary/aromatic N) is 1. The number of halogens is 1. The van der Waals surface area contributed by atoms with Crippen LogP contribution in [0.1, 0.15) is 31.7 Å². The fourth-order valence-electron chi connectivity index (χ4n) is 2.73. The second-order valence-corrected chi connectivity index (χ2v) is 5.63. The van der Waals surface area contributed by atoms with E-state index in [4.69, 9.17) is 5.73 Å². The number of piperidine rings is 1. The van der Waals surface area contributed by atoms with Crippen LogP contribution in [0.2, 0.25) is 0 Å². The summed E-state index contributed by atoms with van der Waals surface area (Å²) in [6, 6.07) is 5.39. The highest BCUT2D eigenvalue weighted by molar-refractivity contribution is 5.77. The highest BCUT2D eigenvalue weighted by Crippen LogP contribution is 2.26. The van der Waals surface area contributed by atoms with Crippen molar-refractivity contribution < 1.29 is 9.18 Å². The molecule has 0 unspecified atom stereocenters. The molecule has 1 heterocycles. The Kier molecular flexibility index (Phi) is 5.56. The molecule has 3 N–H and O–H groups in total.